The summed E-state index contributed by atoms with van der Waals surface area (Å²) in [5, 5.41) is 29.7. The summed E-state index contributed by atoms with van der Waals surface area (Å²) in [7, 11) is 0. The summed E-state index contributed by atoms with van der Waals surface area (Å²) in [4.78, 5) is 8.62. The van der Waals surface area contributed by atoms with Gasteiger partial charge in [-0.1, -0.05) is 34.8 Å². The van der Waals surface area contributed by atoms with Gasteiger partial charge in [0, 0.05) is 0 Å². The van der Waals surface area contributed by atoms with Crippen molar-refractivity contribution in [2.75, 3.05) is 0 Å². The number of aliphatic imine (C=N–C) groups is 1. The number of fused-ring (bicyclic) bond motifs is 1. The van der Waals surface area contributed by atoms with Crippen molar-refractivity contribution in [1.82, 2.24) is 24.0 Å². The average Bonchev–Trinajstić information content (AvgIpc) is 3.31. The highest BCUT2D eigenvalue weighted by atomic mass is 35.5. The van der Waals surface area contributed by atoms with Crippen LogP contribution in [0.1, 0.15) is 24.5 Å². The molecule has 1 aromatic carbocycles. The Bertz CT molecular complexity index is 969. The highest BCUT2D eigenvalue weighted by molar-refractivity contribution is 8.29. The molecule has 2 unspecified atom stereocenters. The predicted octanol–water partition coefficient (Wildman–Crippen LogP) is 2.73. The number of benzene rings is 1. The average molecular weight is 379 g/mol. The third-order valence-corrected chi connectivity index (χ3v) is 6.61. The van der Waals surface area contributed by atoms with E-state index in [2.05, 4.69) is 20.3 Å². The number of thiol groups is 1. The molecule has 0 amide bonds. The van der Waals surface area contributed by atoms with Gasteiger partial charge in [-0.25, -0.2) is 14.7 Å². The molecule has 2 N–H and O–H groups in total. The van der Waals surface area contributed by atoms with E-state index in [-0.39, 0.29) is 10.8 Å². The highest BCUT2D eigenvalue weighted by Gasteiger charge is 2.31. The molecule has 0 aliphatic carbocycles. The molecule has 8 nitrogen and oxygen atoms in total. The number of aromatic nitrogens is 5. The summed E-state index contributed by atoms with van der Waals surface area (Å²) in [6, 6.07) is 4.73. The highest BCUT2D eigenvalue weighted by Crippen LogP contribution is 2.50. The lowest BCUT2D eigenvalue weighted by Gasteiger charge is -2.23. The quantitative estimate of drug-likeness (QED) is 0.606. The van der Waals surface area contributed by atoms with Gasteiger partial charge in [0.05, 0.1) is 28.1 Å². The number of nitrogens with zero attached hydrogens (tertiary/aromatic N) is 6. The first-order valence-corrected chi connectivity index (χ1v) is 9.31. The molecule has 4 rings (SSSR count). The Morgan fingerprint density at radius 3 is 2.96 bits per heavy atom. The van der Waals surface area contributed by atoms with Crippen LogP contribution in [0.2, 0.25) is 5.02 Å². The number of hydrogen-bond donors (Lipinski definition) is 3. The standard InChI is InChI=1S/C15H15ClN6O2S/c1-2-14-18-13-6-17-8-22(13)25(14)15(24)11-7-21(20-19-11)9-3-4-12(23)10(16)5-9/h3-8,15,23-25H,2H2,1H3. The molecule has 0 spiro atoms. The summed E-state index contributed by atoms with van der Waals surface area (Å²) >= 11 is 4.82. The summed E-state index contributed by atoms with van der Waals surface area (Å²) in [6.07, 6.45) is 5.75. The van der Waals surface area contributed by atoms with Crippen molar-refractivity contribution in [2.45, 2.75) is 18.8 Å². The Morgan fingerprint density at radius 1 is 1.36 bits per heavy atom. The second kappa shape index (κ2) is 6.17. The molecule has 3 aromatic rings. The van der Waals surface area contributed by atoms with Gasteiger partial charge in [0.15, 0.2) is 5.82 Å². The molecule has 0 saturated carbocycles. The van der Waals surface area contributed by atoms with E-state index in [9.17, 15) is 10.2 Å². The monoisotopic (exact) mass is 378 g/mol. The lowest BCUT2D eigenvalue weighted by atomic mass is 10.3. The molecule has 25 heavy (non-hydrogen) atoms. The number of rotatable bonds is 4. The number of halogens is 1. The summed E-state index contributed by atoms with van der Waals surface area (Å²) in [5.41, 5.74) is 0.240. The van der Waals surface area contributed by atoms with Crippen LogP contribution in [-0.4, -0.2) is 39.2 Å². The van der Waals surface area contributed by atoms with Gasteiger partial charge in [0.2, 0.25) is 0 Å². The van der Waals surface area contributed by atoms with Gasteiger partial charge in [-0.05, 0) is 24.6 Å². The molecule has 1 aliphatic rings. The number of imidazole rings is 1. The summed E-state index contributed by atoms with van der Waals surface area (Å²) in [5.74, 6) is 0.747. The van der Waals surface area contributed by atoms with Crippen molar-refractivity contribution >= 4 is 33.5 Å². The molecule has 0 fully saturated rings. The molecule has 3 heterocycles. The molecule has 2 atom stereocenters. The fraction of sp³-hybridized carbons (Fsp3) is 0.200. The van der Waals surface area contributed by atoms with E-state index >= 15 is 0 Å². The van der Waals surface area contributed by atoms with E-state index in [4.69, 9.17) is 11.6 Å². The largest absolute Gasteiger partial charge is 0.506 e. The molecule has 0 bridgehead atoms. The molecule has 0 saturated heterocycles. The Labute approximate surface area is 150 Å². The Hall–Kier alpha value is -2.36. The molecule has 10 heteroatoms. The number of hydrogen-bond acceptors (Lipinski definition) is 6. The Morgan fingerprint density at radius 2 is 2.20 bits per heavy atom. The zero-order valence-corrected chi connectivity index (χ0v) is 14.8. The SMILES string of the molecule is CCC1=Nc2cncn2[SH]1C(O)c1cn(-c2ccc(O)c(Cl)c2)nn1. The lowest BCUT2D eigenvalue weighted by Crippen LogP contribution is -2.10. The zero-order chi connectivity index (χ0) is 17.6. The lowest BCUT2D eigenvalue weighted by molar-refractivity contribution is 0.263. The topological polar surface area (TPSA) is 101 Å². The minimum Gasteiger partial charge on any atom is -0.506 e. The van der Waals surface area contributed by atoms with Crippen molar-refractivity contribution in [2.24, 2.45) is 4.99 Å². The number of phenolic OH excluding ortho intramolecular Hbond substituents is 1. The van der Waals surface area contributed by atoms with Crippen LogP contribution in [0.15, 0.2) is 41.9 Å². The van der Waals surface area contributed by atoms with Crippen LogP contribution in [0.3, 0.4) is 0 Å². The fourth-order valence-corrected chi connectivity index (χ4v) is 4.95. The normalized spacial score (nSPS) is 18.8. The molecular formula is C15H15ClN6O2S. The number of phenols is 1. The summed E-state index contributed by atoms with van der Waals surface area (Å²) in [6.45, 7) is 2.01. The van der Waals surface area contributed by atoms with Crippen molar-refractivity contribution in [3.8, 4) is 11.4 Å². The second-order valence-electron chi connectivity index (χ2n) is 5.42. The van der Waals surface area contributed by atoms with Crippen molar-refractivity contribution in [1.29, 1.82) is 0 Å². The van der Waals surface area contributed by atoms with E-state index in [1.165, 1.54) is 10.7 Å². The maximum absolute atomic E-state index is 10.9. The molecule has 130 valence electrons. The van der Waals surface area contributed by atoms with E-state index < -0.39 is 16.5 Å². The van der Waals surface area contributed by atoms with Gasteiger partial charge >= 0.3 is 0 Å². The number of aliphatic hydroxyl groups is 1. The Kier molecular flexibility index (Phi) is 3.98. The van der Waals surface area contributed by atoms with Gasteiger partial charge < -0.3 is 10.2 Å². The fourth-order valence-electron chi connectivity index (χ4n) is 2.62. The van der Waals surface area contributed by atoms with Crippen molar-refractivity contribution < 1.29 is 10.2 Å². The van der Waals surface area contributed by atoms with Crippen LogP contribution < -0.4 is 0 Å². The van der Waals surface area contributed by atoms with E-state index in [1.807, 2.05) is 10.9 Å². The van der Waals surface area contributed by atoms with Crippen molar-refractivity contribution in [3.05, 3.63) is 47.6 Å². The smallest absolute Gasteiger partial charge is 0.162 e. The Balaban J connectivity index is 1.66. The van der Waals surface area contributed by atoms with E-state index in [1.54, 1.807) is 30.9 Å². The van der Waals surface area contributed by atoms with Crippen LogP contribution in [-0.2, 0) is 0 Å². The van der Waals surface area contributed by atoms with Gasteiger partial charge in [0.25, 0.3) is 0 Å². The first-order valence-electron chi connectivity index (χ1n) is 7.57. The van der Waals surface area contributed by atoms with Gasteiger partial charge in [-0.3, -0.25) is 3.97 Å². The number of aliphatic hydroxyl groups excluding tert-OH is 1. The van der Waals surface area contributed by atoms with E-state index in [0.717, 1.165) is 17.3 Å². The third-order valence-electron chi connectivity index (χ3n) is 3.86. The van der Waals surface area contributed by atoms with Gasteiger partial charge in [-0.15, -0.1) is 5.10 Å². The van der Waals surface area contributed by atoms with Crippen LogP contribution >= 0.6 is 22.7 Å². The molecule has 1 aliphatic heterocycles. The maximum Gasteiger partial charge on any atom is 0.162 e. The molecule has 2 aromatic heterocycles. The van der Waals surface area contributed by atoms with Crippen LogP contribution in [0.25, 0.3) is 5.69 Å². The predicted molar refractivity (Wildman–Crippen MR) is 97.0 cm³/mol. The molecule has 0 radical (unpaired) electrons. The third kappa shape index (κ3) is 2.70. The first kappa shape index (κ1) is 16.1. The zero-order valence-electron chi connectivity index (χ0n) is 13.2. The number of aromatic hydroxyl groups is 1. The van der Waals surface area contributed by atoms with Gasteiger partial charge in [-0.2, -0.15) is 0 Å². The second-order valence-corrected chi connectivity index (χ2v) is 7.95. The first-order chi connectivity index (χ1) is 12.1. The maximum atomic E-state index is 10.9. The van der Waals surface area contributed by atoms with Crippen LogP contribution in [0.4, 0.5) is 5.82 Å². The minimum absolute atomic E-state index is 0.00311. The minimum atomic E-state index is -1.11. The van der Waals surface area contributed by atoms with Crippen LogP contribution in [0.5, 0.6) is 5.75 Å². The van der Waals surface area contributed by atoms with Crippen molar-refractivity contribution in [3.63, 3.8) is 0 Å². The van der Waals surface area contributed by atoms with E-state index in [0.29, 0.717) is 11.4 Å². The summed E-state index contributed by atoms with van der Waals surface area (Å²) < 4.78 is 3.40. The van der Waals surface area contributed by atoms with Gasteiger partial charge in [0.1, 0.15) is 23.2 Å². The molecular weight excluding hydrogens is 364 g/mol. The van der Waals surface area contributed by atoms with Crippen LogP contribution in [0, 0.1) is 0 Å².